The molecule has 5 nitrogen and oxygen atoms in total. The molecule has 0 amide bonds. The van der Waals surface area contributed by atoms with Gasteiger partial charge in [0, 0.05) is 31.3 Å². The number of methoxy groups -OCH3 is 1. The lowest BCUT2D eigenvalue weighted by atomic mass is 10.0. The Bertz CT molecular complexity index is 429. The molecular weight excluding hydrogens is 234 g/mol. The highest BCUT2D eigenvalue weighted by Gasteiger charge is 2.27. The second-order valence-electron chi connectivity index (χ2n) is 4.38. The van der Waals surface area contributed by atoms with Gasteiger partial charge in [0.15, 0.2) is 11.5 Å². The Kier molecular flexibility index (Phi) is 3.36. The van der Waals surface area contributed by atoms with Gasteiger partial charge in [-0.2, -0.15) is 0 Å². The third kappa shape index (κ3) is 2.05. The van der Waals surface area contributed by atoms with Crippen LogP contribution in [0.2, 0.25) is 0 Å². The second-order valence-corrected chi connectivity index (χ2v) is 4.38. The van der Waals surface area contributed by atoms with Crippen LogP contribution >= 0.6 is 0 Å². The van der Waals surface area contributed by atoms with Gasteiger partial charge in [-0.25, -0.2) is 0 Å². The van der Waals surface area contributed by atoms with Crippen molar-refractivity contribution in [3.63, 3.8) is 0 Å². The minimum absolute atomic E-state index is 0.0331. The van der Waals surface area contributed by atoms with E-state index in [1.807, 2.05) is 12.1 Å². The van der Waals surface area contributed by atoms with Gasteiger partial charge in [-0.05, 0) is 0 Å². The molecule has 3 rings (SSSR count). The molecule has 1 unspecified atom stereocenters. The molecule has 0 aliphatic carbocycles. The van der Waals surface area contributed by atoms with Crippen molar-refractivity contribution in [1.82, 2.24) is 5.32 Å². The summed E-state index contributed by atoms with van der Waals surface area (Å²) in [6.07, 6.45) is 0.0331. The molecule has 1 atom stereocenters. The molecule has 1 saturated heterocycles. The summed E-state index contributed by atoms with van der Waals surface area (Å²) < 4.78 is 22.0. The lowest BCUT2D eigenvalue weighted by molar-refractivity contribution is 0.0259. The summed E-state index contributed by atoms with van der Waals surface area (Å²) in [5.74, 6) is 1.60. The van der Waals surface area contributed by atoms with Crippen LogP contribution in [0.15, 0.2) is 12.1 Å². The van der Waals surface area contributed by atoms with Crippen LogP contribution in [-0.4, -0.2) is 33.6 Å². The first-order chi connectivity index (χ1) is 8.90. The second kappa shape index (κ2) is 5.14. The maximum atomic E-state index is 5.76. The van der Waals surface area contributed by atoms with E-state index in [4.69, 9.17) is 18.9 Å². The summed E-state index contributed by atoms with van der Waals surface area (Å²) in [6.45, 7) is 3.22. The van der Waals surface area contributed by atoms with Crippen molar-refractivity contribution in [3.8, 4) is 11.5 Å². The molecule has 2 aliphatic heterocycles. The molecule has 2 heterocycles. The van der Waals surface area contributed by atoms with Crippen LogP contribution in [0.3, 0.4) is 0 Å². The van der Waals surface area contributed by atoms with Gasteiger partial charge in [-0.1, -0.05) is 12.1 Å². The lowest BCUT2D eigenvalue weighted by Crippen LogP contribution is -2.33. The van der Waals surface area contributed by atoms with Gasteiger partial charge in [-0.15, -0.1) is 0 Å². The third-order valence-electron chi connectivity index (χ3n) is 3.20. The molecule has 0 spiro atoms. The Morgan fingerprint density at radius 3 is 3.00 bits per heavy atom. The van der Waals surface area contributed by atoms with Gasteiger partial charge >= 0.3 is 0 Å². The highest BCUT2D eigenvalue weighted by atomic mass is 16.7. The van der Waals surface area contributed by atoms with Crippen LogP contribution in [0.1, 0.15) is 17.2 Å². The molecular formula is C13H17NO4. The van der Waals surface area contributed by atoms with E-state index >= 15 is 0 Å². The fourth-order valence-corrected chi connectivity index (χ4v) is 2.36. The Morgan fingerprint density at radius 1 is 1.33 bits per heavy atom. The van der Waals surface area contributed by atoms with Crippen molar-refractivity contribution in [3.05, 3.63) is 23.3 Å². The lowest BCUT2D eigenvalue weighted by Gasteiger charge is -2.25. The van der Waals surface area contributed by atoms with E-state index in [0.717, 1.165) is 42.3 Å². The number of morpholine rings is 1. The molecule has 2 aliphatic rings. The molecule has 1 N–H and O–H groups in total. The molecule has 0 aromatic heterocycles. The van der Waals surface area contributed by atoms with E-state index in [1.54, 1.807) is 7.11 Å². The first kappa shape index (κ1) is 11.8. The predicted molar refractivity (Wildman–Crippen MR) is 64.8 cm³/mol. The van der Waals surface area contributed by atoms with E-state index in [9.17, 15) is 0 Å². The number of fused-ring (bicyclic) bond motifs is 1. The van der Waals surface area contributed by atoms with Crippen LogP contribution in [0.5, 0.6) is 11.5 Å². The van der Waals surface area contributed by atoms with Crippen LogP contribution in [0, 0.1) is 0 Å². The Balaban J connectivity index is 1.93. The maximum absolute atomic E-state index is 5.76. The van der Waals surface area contributed by atoms with Gasteiger partial charge < -0.3 is 24.3 Å². The molecule has 0 bridgehead atoms. The fraction of sp³-hybridized carbons (Fsp3) is 0.538. The molecule has 18 heavy (non-hydrogen) atoms. The van der Waals surface area contributed by atoms with Crippen LogP contribution < -0.4 is 14.8 Å². The zero-order chi connectivity index (χ0) is 12.4. The maximum Gasteiger partial charge on any atom is 0.231 e. The van der Waals surface area contributed by atoms with Crippen LogP contribution in [0.25, 0.3) is 0 Å². The van der Waals surface area contributed by atoms with E-state index < -0.39 is 0 Å². The largest absolute Gasteiger partial charge is 0.453 e. The topological polar surface area (TPSA) is 49.0 Å². The van der Waals surface area contributed by atoms with Gasteiger partial charge in [0.1, 0.15) is 0 Å². The normalized spacial score (nSPS) is 22.2. The molecule has 1 aromatic carbocycles. The van der Waals surface area contributed by atoms with Crippen LogP contribution in [-0.2, 0) is 16.1 Å². The average molecular weight is 251 g/mol. The standard InChI is InChI=1S/C13H17NO4/c1-15-7-9-2-3-10(11-6-14-4-5-16-11)13-12(9)17-8-18-13/h2-3,11,14H,4-8H2,1H3. The van der Waals surface area contributed by atoms with Crippen molar-refractivity contribution >= 4 is 0 Å². The average Bonchev–Trinajstić information content (AvgIpc) is 2.90. The van der Waals surface area contributed by atoms with Crippen LogP contribution in [0.4, 0.5) is 0 Å². The summed E-state index contributed by atoms with van der Waals surface area (Å²) in [4.78, 5) is 0. The molecule has 98 valence electrons. The minimum Gasteiger partial charge on any atom is -0.453 e. The number of rotatable bonds is 3. The quantitative estimate of drug-likeness (QED) is 0.875. The summed E-state index contributed by atoms with van der Waals surface area (Å²) >= 11 is 0. The third-order valence-corrected chi connectivity index (χ3v) is 3.20. The van der Waals surface area contributed by atoms with Gasteiger partial charge in [0.25, 0.3) is 0 Å². The number of ether oxygens (including phenoxy) is 4. The predicted octanol–water partition coefficient (Wildman–Crippen LogP) is 1.22. The minimum atomic E-state index is 0.0331. The highest BCUT2D eigenvalue weighted by molar-refractivity contribution is 5.54. The van der Waals surface area contributed by atoms with Crippen molar-refractivity contribution in [2.24, 2.45) is 0 Å². The van der Waals surface area contributed by atoms with E-state index in [0.29, 0.717) is 6.61 Å². The SMILES string of the molecule is COCc1ccc(C2CNCCO2)c2c1OCO2. The van der Waals surface area contributed by atoms with E-state index in [2.05, 4.69) is 5.32 Å². The van der Waals surface area contributed by atoms with Crippen molar-refractivity contribution in [2.75, 3.05) is 33.6 Å². The van der Waals surface area contributed by atoms with Gasteiger partial charge in [0.2, 0.25) is 6.79 Å². The van der Waals surface area contributed by atoms with E-state index in [1.165, 1.54) is 0 Å². The van der Waals surface area contributed by atoms with Crippen molar-refractivity contribution in [1.29, 1.82) is 0 Å². The summed E-state index contributed by atoms with van der Waals surface area (Å²) in [6, 6.07) is 4.06. The Labute approximate surface area is 106 Å². The smallest absolute Gasteiger partial charge is 0.231 e. The number of hydrogen-bond acceptors (Lipinski definition) is 5. The molecule has 5 heteroatoms. The van der Waals surface area contributed by atoms with Gasteiger partial charge in [-0.3, -0.25) is 0 Å². The molecule has 1 fully saturated rings. The summed E-state index contributed by atoms with van der Waals surface area (Å²) in [5.41, 5.74) is 2.06. The van der Waals surface area contributed by atoms with Crippen molar-refractivity contribution < 1.29 is 18.9 Å². The first-order valence-electron chi connectivity index (χ1n) is 6.13. The molecule has 0 saturated carbocycles. The summed E-state index contributed by atoms with van der Waals surface area (Å²) in [7, 11) is 1.67. The fourth-order valence-electron chi connectivity index (χ4n) is 2.36. The Morgan fingerprint density at radius 2 is 2.22 bits per heavy atom. The number of hydrogen-bond donors (Lipinski definition) is 1. The number of nitrogens with one attached hydrogen (secondary N) is 1. The monoisotopic (exact) mass is 251 g/mol. The zero-order valence-corrected chi connectivity index (χ0v) is 10.4. The van der Waals surface area contributed by atoms with Crippen molar-refractivity contribution in [2.45, 2.75) is 12.7 Å². The van der Waals surface area contributed by atoms with Gasteiger partial charge in [0.05, 0.1) is 19.3 Å². The van der Waals surface area contributed by atoms with E-state index in [-0.39, 0.29) is 12.9 Å². The first-order valence-corrected chi connectivity index (χ1v) is 6.13. The zero-order valence-electron chi connectivity index (χ0n) is 10.4. The Hall–Kier alpha value is -1.30. The molecule has 0 radical (unpaired) electrons. The highest BCUT2D eigenvalue weighted by Crippen LogP contribution is 2.42. The number of benzene rings is 1. The molecule has 1 aromatic rings. The summed E-state index contributed by atoms with van der Waals surface area (Å²) in [5, 5.41) is 3.32.